The standard InChI is InChI=1S/C18H20FNO2/c1-13(21)22-18(2,11-12-20)16-7-3-14(4-8-16)15-5-9-17(19)10-6-15/h3-10H,11-12,20H2,1-2H3. The van der Waals surface area contributed by atoms with E-state index in [1.165, 1.54) is 19.1 Å². The van der Waals surface area contributed by atoms with Crippen LogP contribution in [0.15, 0.2) is 48.5 Å². The lowest BCUT2D eigenvalue weighted by molar-refractivity contribution is -0.157. The van der Waals surface area contributed by atoms with Gasteiger partial charge in [-0.2, -0.15) is 0 Å². The Bertz CT molecular complexity index is 637. The van der Waals surface area contributed by atoms with E-state index in [1.807, 2.05) is 31.2 Å². The number of rotatable bonds is 5. The summed E-state index contributed by atoms with van der Waals surface area (Å²) < 4.78 is 18.4. The van der Waals surface area contributed by atoms with E-state index in [1.54, 1.807) is 12.1 Å². The number of hydrogen-bond donors (Lipinski definition) is 1. The fourth-order valence-corrected chi connectivity index (χ4v) is 2.50. The van der Waals surface area contributed by atoms with E-state index in [0.717, 1.165) is 16.7 Å². The number of benzene rings is 2. The molecule has 1 atom stereocenters. The van der Waals surface area contributed by atoms with Gasteiger partial charge in [0.15, 0.2) is 0 Å². The minimum Gasteiger partial charge on any atom is -0.455 e. The Kier molecular flexibility index (Phi) is 4.93. The molecule has 0 amide bonds. The molecule has 1 unspecified atom stereocenters. The summed E-state index contributed by atoms with van der Waals surface area (Å²) in [5.41, 5.74) is 7.69. The molecule has 2 rings (SSSR count). The minimum absolute atomic E-state index is 0.259. The summed E-state index contributed by atoms with van der Waals surface area (Å²) in [4.78, 5) is 11.3. The van der Waals surface area contributed by atoms with Crippen LogP contribution in [0.4, 0.5) is 4.39 Å². The van der Waals surface area contributed by atoms with Crippen LogP contribution in [0, 0.1) is 5.82 Å². The van der Waals surface area contributed by atoms with Gasteiger partial charge in [-0.15, -0.1) is 0 Å². The molecule has 2 aromatic rings. The predicted octanol–water partition coefficient (Wildman–Crippen LogP) is 3.62. The molecule has 116 valence electrons. The molecule has 0 aromatic heterocycles. The van der Waals surface area contributed by atoms with Gasteiger partial charge < -0.3 is 10.5 Å². The Balaban J connectivity index is 2.29. The Morgan fingerprint density at radius 2 is 1.59 bits per heavy atom. The second-order valence-corrected chi connectivity index (χ2v) is 5.45. The molecule has 0 fully saturated rings. The van der Waals surface area contributed by atoms with Crippen LogP contribution in [0.2, 0.25) is 0 Å². The molecule has 3 nitrogen and oxygen atoms in total. The van der Waals surface area contributed by atoms with Crippen LogP contribution in [0.1, 0.15) is 25.8 Å². The maximum Gasteiger partial charge on any atom is 0.303 e. The summed E-state index contributed by atoms with van der Waals surface area (Å²) in [6, 6.07) is 14.0. The largest absolute Gasteiger partial charge is 0.455 e. The molecule has 0 saturated carbocycles. The maximum atomic E-state index is 13.0. The third-order valence-corrected chi connectivity index (χ3v) is 3.66. The molecule has 0 aliphatic rings. The highest BCUT2D eigenvalue weighted by molar-refractivity contribution is 5.67. The van der Waals surface area contributed by atoms with Crippen LogP contribution in [0.5, 0.6) is 0 Å². The highest BCUT2D eigenvalue weighted by atomic mass is 19.1. The van der Waals surface area contributed by atoms with Gasteiger partial charge in [0, 0.05) is 13.3 Å². The van der Waals surface area contributed by atoms with Crippen molar-refractivity contribution < 1.29 is 13.9 Å². The average molecular weight is 301 g/mol. The zero-order chi connectivity index (χ0) is 16.2. The SMILES string of the molecule is CC(=O)OC(C)(CCN)c1ccc(-c2ccc(F)cc2)cc1. The molecular formula is C18H20FNO2. The van der Waals surface area contributed by atoms with Crippen molar-refractivity contribution in [2.24, 2.45) is 5.73 Å². The topological polar surface area (TPSA) is 52.3 Å². The molecule has 0 aliphatic heterocycles. The van der Waals surface area contributed by atoms with Gasteiger partial charge in [0.25, 0.3) is 0 Å². The fourth-order valence-electron chi connectivity index (χ4n) is 2.50. The summed E-state index contributed by atoms with van der Waals surface area (Å²) in [5, 5.41) is 0. The summed E-state index contributed by atoms with van der Waals surface area (Å²) in [6.45, 7) is 3.67. The van der Waals surface area contributed by atoms with Crippen molar-refractivity contribution >= 4 is 5.97 Å². The van der Waals surface area contributed by atoms with Gasteiger partial charge in [-0.25, -0.2) is 4.39 Å². The monoisotopic (exact) mass is 301 g/mol. The number of hydrogen-bond acceptors (Lipinski definition) is 3. The Morgan fingerprint density at radius 1 is 1.09 bits per heavy atom. The zero-order valence-corrected chi connectivity index (χ0v) is 12.8. The zero-order valence-electron chi connectivity index (χ0n) is 12.8. The Hall–Kier alpha value is -2.20. The number of carbonyl (C=O) groups is 1. The quantitative estimate of drug-likeness (QED) is 0.858. The maximum absolute atomic E-state index is 13.0. The summed E-state index contributed by atoms with van der Waals surface area (Å²) in [6.07, 6.45) is 0.544. The predicted molar refractivity (Wildman–Crippen MR) is 84.6 cm³/mol. The highest BCUT2D eigenvalue weighted by Crippen LogP contribution is 2.31. The van der Waals surface area contributed by atoms with Gasteiger partial charge in [0.1, 0.15) is 11.4 Å². The third kappa shape index (κ3) is 3.71. The van der Waals surface area contributed by atoms with Crippen molar-refractivity contribution in [3.8, 4) is 11.1 Å². The molecule has 0 heterocycles. The number of halogens is 1. The lowest BCUT2D eigenvalue weighted by Crippen LogP contribution is -2.31. The summed E-state index contributed by atoms with van der Waals surface area (Å²) in [5.74, 6) is -0.593. The van der Waals surface area contributed by atoms with E-state index in [0.29, 0.717) is 13.0 Å². The van der Waals surface area contributed by atoms with Gasteiger partial charge in [0.2, 0.25) is 0 Å². The number of esters is 1. The first-order chi connectivity index (χ1) is 10.4. The molecule has 0 spiro atoms. The molecular weight excluding hydrogens is 281 g/mol. The number of carbonyl (C=O) groups excluding carboxylic acids is 1. The van der Waals surface area contributed by atoms with Gasteiger partial charge >= 0.3 is 5.97 Å². The Morgan fingerprint density at radius 3 is 2.05 bits per heavy atom. The fraction of sp³-hybridized carbons (Fsp3) is 0.278. The number of nitrogens with two attached hydrogens (primary N) is 1. The summed E-state index contributed by atoms with van der Waals surface area (Å²) in [7, 11) is 0. The van der Waals surface area contributed by atoms with Crippen LogP contribution < -0.4 is 5.73 Å². The molecule has 0 radical (unpaired) electrons. The highest BCUT2D eigenvalue weighted by Gasteiger charge is 2.29. The van der Waals surface area contributed by atoms with Crippen molar-refractivity contribution in [2.45, 2.75) is 25.9 Å². The molecule has 0 saturated heterocycles. The average Bonchev–Trinajstić information content (AvgIpc) is 2.47. The van der Waals surface area contributed by atoms with Crippen LogP contribution >= 0.6 is 0 Å². The normalized spacial score (nSPS) is 13.5. The molecule has 4 heteroatoms. The first-order valence-corrected chi connectivity index (χ1v) is 7.21. The van der Waals surface area contributed by atoms with Crippen molar-refractivity contribution in [3.63, 3.8) is 0 Å². The van der Waals surface area contributed by atoms with E-state index in [2.05, 4.69) is 0 Å². The first kappa shape index (κ1) is 16.2. The van der Waals surface area contributed by atoms with Gasteiger partial charge in [-0.1, -0.05) is 36.4 Å². The molecule has 22 heavy (non-hydrogen) atoms. The van der Waals surface area contributed by atoms with E-state index in [9.17, 15) is 9.18 Å². The third-order valence-electron chi connectivity index (χ3n) is 3.66. The van der Waals surface area contributed by atoms with Crippen molar-refractivity contribution in [1.29, 1.82) is 0 Å². The van der Waals surface area contributed by atoms with Crippen LogP contribution in [0.25, 0.3) is 11.1 Å². The first-order valence-electron chi connectivity index (χ1n) is 7.21. The smallest absolute Gasteiger partial charge is 0.303 e. The molecule has 0 bridgehead atoms. The van der Waals surface area contributed by atoms with Gasteiger partial charge in [-0.05, 0) is 42.3 Å². The second-order valence-electron chi connectivity index (χ2n) is 5.45. The van der Waals surface area contributed by atoms with Crippen molar-refractivity contribution in [1.82, 2.24) is 0 Å². The lowest BCUT2D eigenvalue weighted by atomic mass is 9.90. The van der Waals surface area contributed by atoms with Crippen molar-refractivity contribution in [2.75, 3.05) is 6.54 Å². The van der Waals surface area contributed by atoms with Gasteiger partial charge in [0.05, 0.1) is 0 Å². The van der Waals surface area contributed by atoms with E-state index in [-0.39, 0.29) is 11.8 Å². The molecule has 0 aliphatic carbocycles. The van der Waals surface area contributed by atoms with E-state index in [4.69, 9.17) is 10.5 Å². The minimum atomic E-state index is -0.734. The van der Waals surface area contributed by atoms with Crippen LogP contribution in [-0.2, 0) is 15.1 Å². The van der Waals surface area contributed by atoms with E-state index >= 15 is 0 Å². The van der Waals surface area contributed by atoms with Gasteiger partial charge in [-0.3, -0.25) is 4.79 Å². The van der Waals surface area contributed by atoms with E-state index < -0.39 is 5.60 Å². The molecule has 2 N–H and O–H groups in total. The van der Waals surface area contributed by atoms with Crippen LogP contribution in [0.3, 0.4) is 0 Å². The van der Waals surface area contributed by atoms with Crippen molar-refractivity contribution in [3.05, 3.63) is 59.9 Å². The lowest BCUT2D eigenvalue weighted by Gasteiger charge is -2.29. The molecule has 2 aromatic carbocycles. The van der Waals surface area contributed by atoms with Crippen LogP contribution in [-0.4, -0.2) is 12.5 Å². The Labute approximate surface area is 129 Å². The second kappa shape index (κ2) is 6.71. The summed E-state index contributed by atoms with van der Waals surface area (Å²) >= 11 is 0. The number of ether oxygens (including phenoxy) is 1.